The van der Waals surface area contributed by atoms with E-state index in [1.165, 1.54) is 0 Å². The molecule has 2 heterocycles. The molecule has 1 amide bonds. The first-order valence-electron chi connectivity index (χ1n) is 7.41. The van der Waals surface area contributed by atoms with E-state index in [0.29, 0.717) is 27.5 Å². The number of methoxy groups -OCH3 is 1. The van der Waals surface area contributed by atoms with E-state index in [-0.39, 0.29) is 11.9 Å². The van der Waals surface area contributed by atoms with Crippen molar-refractivity contribution >= 4 is 45.5 Å². The second-order valence-electron chi connectivity index (χ2n) is 5.33. The molecule has 0 aliphatic heterocycles. The van der Waals surface area contributed by atoms with Crippen molar-refractivity contribution in [2.24, 2.45) is 0 Å². The van der Waals surface area contributed by atoms with Gasteiger partial charge in [-0.2, -0.15) is 4.98 Å². The van der Waals surface area contributed by atoms with Gasteiger partial charge in [0.2, 0.25) is 0 Å². The molecule has 124 valence electrons. The number of rotatable bonds is 3. The third-order valence-corrected chi connectivity index (χ3v) is 3.99. The standard InChI is InChI=1S/C17H12ClN5O2/c1-25-11-5-2-9(3-6-11)16(24)21-17-20-15-14(22-23-17)12-8-10(18)4-7-13(12)19-15/h2-8H,1H3,(H2,19,20,21,23,24). The Bertz CT molecular complexity index is 1090. The van der Waals surface area contributed by atoms with E-state index >= 15 is 0 Å². The van der Waals surface area contributed by atoms with Crippen molar-refractivity contribution in [3.8, 4) is 5.75 Å². The highest BCUT2D eigenvalue weighted by Crippen LogP contribution is 2.25. The summed E-state index contributed by atoms with van der Waals surface area (Å²) in [7, 11) is 1.57. The number of anilines is 1. The van der Waals surface area contributed by atoms with Crippen LogP contribution in [0, 0.1) is 0 Å². The van der Waals surface area contributed by atoms with Crippen LogP contribution in [0.5, 0.6) is 5.75 Å². The van der Waals surface area contributed by atoms with Gasteiger partial charge >= 0.3 is 0 Å². The topological polar surface area (TPSA) is 92.8 Å². The molecule has 8 heteroatoms. The second-order valence-corrected chi connectivity index (χ2v) is 5.77. The van der Waals surface area contributed by atoms with Gasteiger partial charge in [-0.15, -0.1) is 10.2 Å². The Labute approximate surface area is 147 Å². The number of nitrogens with zero attached hydrogens (tertiary/aromatic N) is 3. The number of carbonyl (C=O) groups excluding carboxylic acids is 1. The van der Waals surface area contributed by atoms with Crippen molar-refractivity contribution in [1.29, 1.82) is 0 Å². The van der Waals surface area contributed by atoms with Crippen molar-refractivity contribution in [2.45, 2.75) is 0 Å². The van der Waals surface area contributed by atoms with Gasteiger partial charge in [-0.1, -0.05) is 11.6 Å². The van der Waals surface area contributed by atoms with E-state index in [1.54, 1.807) is 43.5 Å². The number of H-pyrrole nitrogens is 1. The Morgan fingerprint density at radius 1 is 1.16 bits per heavy atom. The van der Waals surface area contributed by atoms with Gasteiger partial charge in [0.25, 0.3) is 11.9 Å². The van der Waals surface area contributed by atoms with Crippen molar-refractivity contribution in [2.75, 3.05) is 12.4 Å². The van der Waals surface area contributed by atoms with Crippen LogP contribution in [0.4, 0.5) is 5.95 Å². The van der Waals surface area contributed by atoms with Crippen LogP contribution in [0.25, 0.3) is 22.1 Å². The summed E-state index contributed by atoms with van der Waals surface area (Å²) in [6, 6.07) is 12.1. The molecule has 25 heavy (non-hydrogen) atoms. The fourth-order valence-electron chi connectivity index (χ4n) is 2.51. The van der Waals surface area contributed by atoms with Gasteiger partial charge in [0, 0.05) is 21.5 Å². The van der Waals surface area contributed by atoms with Gasteiger partial charge in [-0.3, -0.25) is 10.1 Å². The van der Waals surface area contributed by atoms with Gasteiger partial charge < -0.3 is 9.72 Å². The van der Waals surface area contributed by atoms with E-state index in [0.717, 1.165) is 10.9 Å². The van der Waals surface area contributed by atoms with Gasteiger partial charge in [-0.05, 0) is 42.5 Å². The number of halogens is 1. The molecule has 0 radical (unpaired) electrons. The highest BCUT2D eigenvalue weighted by molar-refractivity contribution is 6.31. The number of amides is 1. The maximum Gasteiger partial charge on any atom is 0.258 e. The Morgan fingerprint density at radius 2 is 1.96 bits per heavy atom. The molecule has 0 aliphatic rings. The monoisotopic (exact) mass is 353 g/mol. The van der Waals surface area contributed by atoms with E-state index in [4.69, 9.17) is 16.3 Å². The van der Waals surface area contributed by atoms with Crippen molar-refractivity contribution in [3.05, 3.63) is 53.1 Å². The molecule has 0 atom stereocenters. The molecule has 0 saturated heterocycles. The van der Waals surface area contributed by atoms with Gasteiger partial charge in [0.05, 0.1) is 7.11 Å². The number of hydrogen-bond donors (Lipinski definition) is 2. The van der Waals surface area contributed by atoms with E-state index < -0.39 is 0 Å². The van der Waals surface area contributed by atoms with Crippen LogP contribution in [0.15, 0.2) is 42.5 Å². The maximum atomic E-state index is 12.3. The first-order chi connectivity index (χ1) is 12.1. The van der Waals surface area contributed by atoms with Crippen LogP contribution in [-0.2, 0) is 0 Å². The summed E-state index contributed by atoms with van der Waals surface area (Å²) in [5.74, 6) is 0.460. The third-order valence-electron chi connectivity index (χ3n) is 3.75. The Balaban J connectivity index is 1.64. The van der Waals surface area contributed by atoms with Crippen LogP contribution >= 0.6 is 11.6 Å². The molecule has 4 aromatic rings. The molecule has 7 nitrogen and oxygen atoms in total. The summed E-state index contributed by atoms with van der Waals surface area (Å²) >= 11 is 6.02. The predicted octanol–water partition coefficient (Wildman–Crippen LogP) is 3.42. The number of ether oxygens (including phenoxy) is 1. The molecule has 0 aliphatic carbocycles. The van der Waals surface area contributed by atoms with E-state index in [2.05, 4.69) is 25.5 Å². The van der Waals surface area contributed by atoms with Gasteiger partial charge in [0.1, 0.15) is 11.3 Å². The lowest BCUT2D eigenvalue weighted by molar-refractivity contribution is 0.102. The van der Waals surface area contributed by atoms with Crippen LogP contribution in [0.3, 0.4) is 0 Å². The summed E-state index contributed by atoms with van der Waals surface area (Å²) in [5.41, 5.74) is 2.44. The van der Waals surface area contributed by atoms with Gasteiger partial charge in [0.15, 0.2) is 5.65 Å². The summed E-state index contributed by atoms with van der Waals surface area (Å²) in [4.78, 5) is 19.7. The molecule has 0 saturated carbocycles. The number of nitrogens with one attached hydrogen (secondary N) is 2. The summed E-state index contributed by atoms with van der Waals surface area (Å²) < 4.78 is 5.07. The predicted molar refractivity (Wildman–Crippen MR) is 95.1 cm³/mol. The zero-order valence-corrected chi connectivity index (χ0v) is 13.8. The second kappa shape index (κ2) is 6.03. The molecule has 2 aromatic heterocycles. The van der Waals surface area contributed by atoms with E-state index in [1.807, 2.05) is 6.07 Å². The lowest BCUT2D eigenvalue weighted by atomic mass is 10.2. The van der Waals surface area contributed by atoms with Crippen LogP contribution in [-0.4, -0.2) is 33.2 Å². The first-order valence-corrected chi connectivity index (χ1v) is 7.79. The molecule has 4 rings (SSSR count). The number of fused-ring (bicyclic) bond motifs is 3. The van der Waals surface area contributed by atoms with Crippen LogP contribution < -0.4 is 10.1 Å². The molecule has 0 bridgehead atoms. The summed E-state index contributed by atoms with van der Waals surface area (Å²) in [6.45, 7) is 0. The minimum atomic E-state index is -0.331. The highest BCUT2D eigenvalue weighted by atomic mass is 35.5. The minimum absolute atomic E-state index is 0.117. The molecular formula is C17H12ClN5O2. The molecule has 2 N–H and O–H groups in total. The smallest absolute Gasteiger partial charge is 0.258 e. The summed E-state index contributed by atoms with van der Waals surface area (Å²) in [6.07, 6.45) is 0. The number of carbonyl (C=O) groups is 1. The number of aromatic amines is 1. The maximum absolute atomic E-state index is 12.3. The largest absolute Gasteiger partial charge is 0.497 e. The fourth-order valence-corrected chi connectivity index (χ4v) is 2.68. The van der Waals surface area contributed by atoms with Gasteiger partial charge in [-0.25, -0.2) is 0 Å². The van der Waals surface area contributed by atoms with Crippen molar-refractivity contribution < 1.29 is 9.53 Å². The normalized spacial score (nSPS) is 11.0. The SMILES string of the molecule is COc1ccc(C(=O)Nc2nnc3c(n2)[nH]c2ccc(Cl)cc23)cc1. The summed E-state index contributed by atoms with van der Waals surface area (Å²) in [5, 5.41) is 12.2. The molecule has 0 unspecified atom stereocenters. The average molecular weight is 354 g/mol. The number of benzene rings is 2. The van der Waals surface area contributed by atoms with Crippen LogP contribution in [0.2, 0.25) is 5.02 Å². The zero-order chi connectivity index (χ0) is 17.4. The highest BCUT2D eigenvalue weighted by Gasteiger charge is 2.12. The Kier molecular flexibility index (Phi) is 3.70. The number of hydrogen-bond acceptors (Lipinski definition) is 5. The molecule has 0 fully saturated rings. The first kappa shape index (κ1) is 15.3. The molecule has 2 aromatic carbocycles. The van der Waals surface area contributed by atoms with E-state index in [9.17, 15) is 4.79 Å². The minimum Gasteiger partial charge on any atom is -0.497 e. The quantitative estimate of drug-likeness (QED) is 0.588. The zero-order valence-electron chi connectivity index (χ0n) is 13.1. The lowest BCUT2D eigenvalue weighted by Crippen LogP contribution is -2.14. The number of aromatic nitrogens is 4. The lowest BCUT2D eigenvalue weighted by Gasteiger charge is -2.04. The average Bonchev–Trinajstić information content (AvgIpc) is 2.98. The fraction of sp³-hybridized carbons (Fsp3) is 0.0588. The molecule has 0 spiro atoms. The third kappa shape index (κ3) is 2.85. The van der Waals surface area contributed by atoms with Crippen LogP contribution in [0.1, 0.15) is 10.4 Å². The molecular weight excluding hydrogens is 342 g/mol. The Morgan fingerprint density at radius 3 is 2.72 bits per heavy atom. The van der Waals surface area contributed by atoms with Crippen molar-refractivity contribution in [3.63, 3.8) is 0 Å². The Hall–Kier alpha value is -3.19. The van der Waals surface area contributed by atoms with Crippen molar-refractivity contribution in [1.82, 2.24) is 20.2 Å².